The first-order chi connectivity index (χ1) is 12.9. The first-order valence-corrected chi connectivity index (χ1v) is 9.33. The van der Waals surface area contributed by atoms with Gasteiger partial charge >= 0.3 is 0 Å². The van der Waals surface area contributed by atoms with Gasteiger partial charge in [0.2, 0.25) is 0 Å². The zero-order valence-corrected chi connectivity index (χ0v) is 15.0. The van der Waals surface area contributed by atoms with Gasteiger partial charge < -0.3 is 10.6 Å². The van der Waals surface area contributed by atoms with Crippen LogP contribution in [0.3, 0.4) is 0 Å². The summed E-state index contributed by atoms with van der Waals surface area (Å²) in [6, 6.07) is 20.8. The van der Waals surface area contributed by atoms with Crippen LogP contribution in [0.15, 0.2) is 78.7 Å². The van der Waals surface area contributed by atoms with Crippen molar-refractivity contribution in [3.05, 3.63) is 78.7 Å². The average Bonchev–Trinajstić information content (AvgIpc) is 3.37. The van der Waals surface area contributed by atoms with Crippen molar-refractivity contribution in [3.63, 3.8) is 0 Å². The third kappa shape index (κ3) is 3.92. The lowest BCUT2D eigenvalue weighted by atomic mass is 10.1. The van der Waals surface area contributed by atoms with Gasteiger partial charge in [0.15, 0.2) is 0 Å². The van der Waals surface area contributed by atoms with Gasteiger partial charge in [-0.05, 0) is 41.8 Å². The highest BCUT2D eigenvalue weighted by atomic mass is 32.1. The van der Waals surface area contributed by atoms with Crippen LogP contribution in [0.5, 0.6) is 0 Å². The molecule has 130 valence electrons. The van der Waals surface area contributed by atoms with Gasteiger partial charge in [0, 0.05) is 34.0 Å². The lowest BCUT2D eigenvalue weighted by Crippen LogP contribution is -2.11. The van der Waals surface area contributed by atoms with Crippen molar-refractivity contribution in [2.75, 3.05) is 17.2 Å². The lowest BCUT2D eigenvalue weighted by Gasteiger charge is -2.14. The van der Waals surface area contributed by atoms with E-state index in [0.717, 1.165) is 30.2 Å². The summed E-state index contributed by atoms with van der Waals surface area (Å²) in [7, 11) is 0. The van der Waals surface area contributed by atoms with E-state index in [1.807, 2.05) is 22.9 Å². The highest BCUT2D eigenvalue weighted by molar-refractivity contribution is 7.13. The summed E-state index contributed by atoms with van der Waals surface area (Å²) in [5, 5.41) is 13.3. The SMILES string of the molecule is c1ccc(Nc2ccc(-c3cccs3)c(NCCn3cncn3)c2)cc1. The molecule has 0 bridgehead atoms. The maximum Gasteiger partial charge on any atom is 0.137 e. The Morgan fingerprint density at radius 1 is 0.962 bits per heavy atom. The molecule has 0 aliphatic heterocycles. The minimum absolute atomic E-state index is 0.764. The first-order valence-electron chi connectivity index (χ1n) is 8.45. The number of benzene rings is 2. The fourth-order valence-corrected chi connectivity index (χ4v) is 3.52. The molecular formula is C20H19N5S. The van der Waals surface area contributed by atoms with Gasteiger partial charge in [0.1, 0.15) is 12.7 Å². The lowest BCUT2D eigenvalue weighted by molar-refractivity contribution is 0.636. The number of hydrogen-bond donors (Lipinski definition) is 2. The van der Waals surface area contributed by atoms with Crippen LogP contribution in [0.2, 0.25) is 0 Å². The second-order valence-corrected chi connectivity index (χ2v) is 6.76. The van der Waals surface area contributed by atoms with E-state index in [-0.39, 0.29) is 0 Å². The molecule has 26 heavy (non-hydrogen) atoms. The van der Waals surface area contributed by atoms with Crippen molar-refractivity contribution in [1.82, 2.24) is 14.8 Å². The molecule has 2 heterocycles. The van der Waals surface area contributed by atoms with Crippen molar-refractivity contribution in [1.29, 1.82) is 0 Å². The third-order valence-corrected chi connectivity index (χ3v) is 4.89. The Labute approximate surface area is 156 Å². The molecule has 0 radical (unpaired) electrons. The number of rotatable bonds is 7. The molecule has 4 rings (SSSR count). The first kappa shape index (κ1) is 16.4. The summed E-state index contributed by atoms with van der Waals surface area (Å²) in [6.45, 7) is 1.54. The fourth-order valence-electron chi connectivity index (χ4n) is 2.76. The van der Waals surface area contributed by atoms with Gasteiger partial charge in [0.25, 0.3) is 0 Å². The number of hydrogen-bond acceptors (Lipinski definition) is 5. The van der Waals surface area contributed by atoms with Gasteiger partial charge in [0.05, 0.1) is 6.54 Å². The molecule has 0 fully saturated rings. The summed E-state index contributed by atoms with van der Waals surface area (Å²) in [4.78, 5) is 5.23. The standard InChI is InChI=1S/C20H19N5S/c1-2-5-16(6-3-1)24-17-8-9-18(20-7-4-12-26-20)19(13-17)22-10-11-25-15-21-14-23-25/h1-9,12-15,22,24H,10-11H2. The zero-order chi connectivity index (χ0) is 17.6. The van der Waals surface area contributed by atoms with Gasteiger partial charge in [-0.15, -0.1) is 11.3 Å². The Bertz CT molecular complexity index is 934. The molecule has 4 aromatic rings. The van der Waals surface area contributed by atoms with Crippen LogP contribution in [0.4, 0.5) is 17.1 Å². The Morgan fingerprint density at radius 3 is 2.65 bits per heavy atom. The number of thiophene rings is 1. The third-order valence-electron chi connectivity index (χ3n) is 3.99. The van der Waals surface area contributed by atoms with Crippen molar-refractivity contribution < 1.29 is 0 Å². The second kappa shape index (κ2) is 7.84. The van der Waals surface area contributed by atoms with Crippen molar-refractivity contribution in [2.24, 2.45) is 0 Å². The molecule has 0 spiro atoms. The van der Waals surface area contributed by atoms with Gasteiger partial charge in [-0.3, -0.25) is 4.68 Å². The molecule has 0 atom stereocenters. The average molecular weight is 361 g/mol. The highest BCUT2D eigenvalue weighted by Crippen LogP contribution is 2.34. The van der Waals surface area contributed by atoms with Gasteiger partial charge in [-0.25, -0.2) is 4.98 Å². The molecule has 0 saturated heterocycles. The van der Waals surface area contributed by atoms with Crippen LogP contribution in [0.1, 0.15) is 0 Å². The number of para-hydroxylation sites is 1. The largest absolute Gasteiger partial charge is 0.383 e. The molecule has 0 aliphatic rings. The highest BCUT2D eigenvalue weighted by Gasteiger charge is 2.08. The van der Waals surface area contributed by atoms with Crippen LogP contribution in [0.25, 0.3) is 10.4 Å². The van der Waals surface area contributed by atoms with E-state index >= 15 is 0 Å². The molecule has 0 unspecified atom stereocenters. The monoisotopic (exact) mass is 361 g/mol. The second-order valence-electron chi connectivity index (χ2n) is 5.81. The Morgan fingerprint density at radius 2 is 1.88 bits per heavy atom. The summed E-state index contributed by atoms with van der Waals surface area (Å²) >= 11 is 1.74. The van der Waals surface area contributed by atoms with Crippen molar-refractivity contribution in [2.45, 2.75) is 6.54 Å². The molecule has 2 N–H and O–H groups in total. The summed E-state index contributed by atoms with van der Waals surface area (Å²) in [6.07, 6.45) is 3.29. The van der Waals surface area contributed by atoms with Gasteiger partial charge in [-0.1, -0.05) is 24.3 Å². The summed E-state index contributed by atoms with van der Waals surface area (Å²) in [5.74, 6) is 0. The quantitative estimate of drug-likeness (QED) is 0.493. The van der Waals surface area contributed by atoms with E-state index < -0.39 is 0 Å². The topological polar surface area (TPSA) is 54.8 Å². The number of nitrogens with one attached hydrogen (secondary N) is 2. The molecule has 5 nitrogen and oxygen atoms in total. The Balaban J connectivity index is 1.56. The molecule has 2 aromatic heterocycles. The number of aromatic nitrogens is 3. The van der Waals surface area contributed by atoms with Crippen molar-refractivity contribution >= 4 is 28.4 Å². The fraction of sp³-hybridized carbons (Fsp3) is 0.100. The molecule has 6 heteroatoms. The Kier molecular flexibility index (Phi) is 4.93. The van der Waals surface area contributed by atoms with Crippen LogP contribution in [-0.2, 0) is 6.54 Å². The van der Waals surface area contributed by atoms with E-state index in [9.17, 15) is 0 Å². The molecular weight excluding hydrogens is 342 g/mol. The van der Waals surface area contributed by atoms with E-state index in [0.29, 0.717) is 0 Å². The van der Waals surface area contributed by atoms with E-state index in [1.165, 1.54) is 10.4 Å². The zero-order valence-electron chi connectivity index (χ0n) is 14.2. The predicted molar refractivity (Wildman–Crippen MR) is 108 cm³/mol. The van der Waals surface area contributed by atoms with E-state index in [4.69, 9.17) is 0 Å². The van der Waals surface area contributed by atoms with Gasteiger partial charge in [-0.2, -0.15) is 5.10 Å². The maximum atomic E-state index is 4.15. The predicted octanol–water partition coefficient (Wildman–Crippen LogP) is 4.86. The molecule has 0 aliphatic carbocycles. The molecule has 0 saturated carbocycles. The van der Waals surface area contributed by atoms with E-state index in [2.05, 4.69) is 68.6 Å². The molecule has 2 aromatic carbocycles. The normalized spacial score (nSPS) is 10.6. The molecule has 0 amide bonds. The number of nitrogens with zero attached hydrogens (tertiary/aromatic N) is 3. The Hall–Kier alpha value is -3.12. The van der Waals surface area contributed by atoms with Crippen LogP contribution >= 0.6 is 11.3 Å². The minimum Gasteiger partial charge on any atom is -0.383 e. The van der Waals surface area contributed by atoms with Crippen LogP contribution < -0.4 is 10.6 Å². The van der Waals surface area contributed by atoms with Crippen molar-refractivity contribution in [3.8, 4) is 10.4 Å². The minimum atomic E-state index is 0.764. The number of anilines is 3. The van der Waals surface area contributed by atoms with Crippen LogP contribution in [-0.4, -0.2) is 21.3 Å². The summed E-state index contributed by atoms with van der Waals surface area (Å²) in [5.41, 5.74) is 4.44. The van der Waals surface area contributed by atoms with E-state index in [1.54, 1.807) is 24.0 Å². The maximum absolute atomic E-state index is 4.15. The smallest absolute Gasteiger partial charge is 0.137 e. The van der Waals surface area contributed by atoms with Crippen LogP contribution in [0, 0.1) is 0 Å². The summed E-state index contributed by atoms with van der Waals surface area (Å²) < 4.78 is 1.82.